The summed E-state index contributed by atoms with van der Waals surface area (Å²) in [6, 6.07) is 66.9. The second-order valence-corrected chi connectivity index (χ2v) is 20.0. The van der Waals surface area contributed by atoms with Gasteiger partial charge in [-0.2, -0.15) is 0 Å². The van der Waals surface area contributed by atoms with Gasteiger partial charge in [0.25, 0.3) is 0 Å². The van der Waals surface area contributed by atoms with Crippen LogP contribution in [0.3, 0.4) is 0 Å². The Balaban J connectivity index is 0.00000591. The number of pyridine rings is 5. The quantitative estimate of drug-likeness (QED) is 0.0972. The summed E-state index contributed by atoms with van der Waals surface area (Å²) in [6.07, 6.45) is 8.23. The summed E-state index contributed by atoms with van der Waals surface area (Å²) in [5.74, 6) is 0. The molecular formula is C69H44IrN5O4. The summed E-state index contributed by atoms with van der Waals surface area (Å²) in [4.78, 5) is 50.2. The van der Waals surface area contributed by atoms with Crippen molar-refractivity contribution < 1.29 is 28.9 Å². The SMILES string of the molecule is Cc1c[c-]c2c(n1)oc(=O)c1cc(CCc3cc(CCc4cnc5c(c4)c(=O)oc4nc(C)c[c-]c45)cc(-c4ccccc4-c4cnc(-c5[c-]cccc5)cc4-c4ccc5c6ccccc6c6ccccc6c5c4)c3)cnc12.[Ir+3]. The fraction of sp³-hybridized carbons (Fsp3) is 0.0870. The molecule has 0 aliphatic carbocycles. The van der Waals surface area contributed by atoms with E-state index in [0.717, 1.165) is 66.9 Å². The molecule has 7 heterocycles. The van der Waals surface area contributed by atoms with Gasteiger partial charge in [0.1, 0.15) is 11.4 Å². The van der Waals surface area contributed by atoms with Gasteiger partial charge in [0.05, 0.1) is 0 Å². The van der Waals surface area contributed by atoms with Gasteiger partial charge in [0.15, 0.2) is 0 Å². The van der Waals surface area contributed by atoms with Gasteiger partial charge in [-0.1, -0.05) is 146 Å². The van der Waals surface area contributed by atoms with E-state index in [4.69, 9.17) is 23.8 Å². The molecule has 7 aromatic carbocycles. The van der Waals surface area contributed by atoms with Gasteiger partial charge in [-0.3, -0.25) is 0 Å². The Morgan fingerprint density at radius 1 is 0.418 bits per heavy atom. The Kier molecular flexibility index (Phi) is 12.6. The number of hydrogen-bond acceptors (Lipinski definition) is 9. The van der Waals surface area contributed by atoms with Gasteiger partial charge in [-0.05, 0) is 131 Å². The van der Waals surface area contributed by atoms with Crippen molar-refractivity contribution in [2.45, 2.75) is 39.5 Å². The molecule has 9 nitrogen and oxygen atoms in total. The second kappa shape index (κ2) is 20.2. The fourth-order valence-corrected chi connectivity index (χ4v) is 11.2. The average Bonchev–Trinajstić information content (AvgIpc) is 3.66. The van der Waals surface area contributed by atoms with E-state index in [0.29, 0.717) is 69.6 Å². The van der Waals surface area contributed by atoms with Crippen LogP contribution in [0, 0.1) is 32.0 Å². The van der Waals surface area contributed by atoms with E-state index >= 15 is 0 Å². The van der Waals surface area contributed by atoms with Gasteiger partial charge < -0.3 is 33.8 Å². The van der Waals surface area contributed by atoms with Crippen molar-refractivity contribution in [1.82, 2.24) is 24.9 Å². The third-order valence-corrected chi connectivity index (χ3v) is 14.9. The van der Waals surface area contributed by atoms with E-state index in [1.54, 1.807) is 12.1 Å². The molecule has 14 aromatic rings. The van der Waals surface area contributed by atoms with Crippen molar-refractivity contribution in [3.8, 4) is 44.6 Å². The van der Waals surface area contributed by atoms with E-state index in [1.165, 1.54) is 32.3 Å². The van der Waals surface area contributed by atoms with Crippen LogP contribution in [-0.4, -0.2) is 24.9 Å². The number of rotatable bonds is 10. The van der Waals surface area contributed by atoms with Crippen LogP contribution in [0.25, 0.3) is 121 Å². The van der Waals surface area contributed by atoms with Crippen molar-refractivity contribution in [2.75, 3.05) is 0 Å². The van der Waals surface area contributed by atoms with Crippen molar-refractivity contribution in [2.24, 2.45) is 0 Å². The molecule has 0 aliphatic rings. The van der Waals surface area contributed by atoms with Crippen LogP contribution < -0.4 is 11.3 Å². The van der Waals surface area contributed by atoms with E-state index in [9.17, 15) is 9.59 Å². The number of nitrogens with zero attached hydrogens (tertiary/aromatic N) is 5. The topological polar surface area (TPSA) is 125 Å². The normalized spacial score (nSPS) is 11.6. The fourth-order valence-electron chi connectivity index (χ4n) is 11.2. The molecule has 0 bridgehead atoms. The monoisotopic (exact) mass is 1200 g/mol. The number of fused-ring (bicyclic) bond motifs is 12. The molecule has 0 aliphatic heterocycles. The van der Waals surface area contributed by atoms with Crippen LogP contribution in [-0.2, 0) is 45.8 Å². The molecule has 0 amide bonds. The van der Waals surface area contributed by atoms with Crippen LogP contribution in [0.2, 0.25) is 0 Å². The van der Waals surface area contributed by atoms with Crippen LogP contribution >= 0.6 is 0 Å². The minimum Gasteiger partial charge on any atom is -0.453 e. The molecule has 0 radical (unpaired) electrons. The molecule has 79 heavy (non-hydrogen) atoms. The van der Waals surface area contributed by atoms with Crippen molar-refractivity contribution in [3.05, 3.63) is 255 Å². The number of aryl methyl sites for hydroxylation is 6. The van der Waals surface area contributed by atoms with Gasteiger partial charge in [-0.15, -0.1) is 60.2 Å². The zero-order chi connectivity index (χ0) is 52.4. The van der Waals surface area contributed by atoms with Crippen LogP contribution in [0.1, 0.15) is 33.6 Å². The molecule has 0 atom stereocenters. The number of hydrogen-bond donors (Lipinski definition) is 0. The smallest absolute Gasteiger partial charge is 0.453 e. The minimum atomic E-state index is -0.479. The third kappa shape index (κ3) is 9.04. The van der Waals surface area contributed by atoms with Crippen molar-refractivity contribution >= 4 is 76.3 Å². The first-order valence-corrected chi connectivity index (χ1v) is 26.0. The Morgan fingerprint density at radius 3 is 1.51 bits per heavy atom. The molecule has 378 valence electrons. The molecule has 0 spiro atoms. The van der Waals surface area contributed by atoms with Crippen LogP contribution in [0.15, 0.2) is 201 Å². The number of aromatic nitrogens is 5. The summed E-state index contributed by atoms with van der Waals surface area (Å²) in [6.45, 7) is 3.67. The maximum absolute atomic E-state index is 13.3. The van der Waals surface area contributed by atoms with E-state index in [-0.39, 0.29) is 31.5 Å². The summed E-state index contributed by atoms with van der Waals surface area (Å²) >= 11 is 0. The zero-order valence-electron chi connectivity index (χ0n) is 42.9. The van der Waals surface area contributed by atoms with Crippen LogP contribution in [0.5, 0.6) is 0 Å². The predicted molar refractivity (Wildman–Crippen MR) is 310 cm³/mol. The van der Waals surface area contributed by atoms with Crippen molar-refractivity contribution in [3.63, 3.8) is 0 Å². The van der Waals surface area contributed by atoms with E-state index < -0.39 is 11.3 Å². The molecule has 10 heteroatoms. The Morgan fingerprint density at radius 2 is 0.937 bits per heavy atom. The van der Waals surface area contributed by atoms with Gasteiger partial charge in [0, 0.05) is 46.0 Å². The molecule has 14 rings (SSSR count). The maximum atomic E-state index is 13.3. The summed E-state index contributed by atoms with van der Waals surface area (Å²) < 4.78 is 11.3. The molecule has 0 saturated carbocycles. The van der Waals surface area contributed by atoms with Gasteiger partial charge >= 0.3 is 31.4 Å². The largest absolute Gasteiger partial charge is 3.00 e. The summed E-state index contributed by atoms with van der Waals surface area (Å²) in [5.41, 5.74) is 14.0. The van der Waals surface area contributed by atoms with E-state index in [2.05, 4.69) is 149 Å². The molecule has 0 N–H and O–H groups in total. The predicted octanol–water partition coefficient (Wildman–Crippen LogP) is 14.9. The standard InChI is InChI=1S/C69H44N5O4.Ir/c1-40-20-27-56-64-60(68(75)77-66(56)73-40)33-44(37-71-64)24-22-42-30-43(23-25-45-34-61-65(72-38-45)57-28-21-41(2)74-67(57)78-69(61)76)32-48(31-42)49-14-6-7-15-50(49)62-39-70-63(46-12-4-3-5-13-46)36-58(62)47-26-29-55-53-18-9-8-16-51(53)52-17-10-11-19-54(52)59(55)35-47;/h3-12,14-21,26,29-39H,22-25H2,1-2H3;/q-3;+3. The van der Waals surface area contributed by atoms with E-state index in [1.807, 2.05) is 62.8 Å². The Hall–Kier alpha value is -9.34. The number of benzene rings is 7. The van der Waals surface area contributed by atoms with Crippen molar-refractivity contribution in [1.29, 1.82) is 0 Å². The minimum absolute atomic E-state index is 0. The first kappa shape index (κ1) is 49.2. The molecule has 0 unspecified atom stereocenters. The third-order valence-electron chi connectivity index (χ3n) is 14.9. The molecule has 7 aromatic heterocycles. The first-order valence-electron chi connectivity index (χ1n) is 26.0. The van der Waals surface area contributed by atoms with Gasteiger partial charge in [0.2, 0.25) is 0 Å². The Bertz CT molecular complexity index is 4700. The summed E-state index contributed by atoms with van der Waals surface area (Å²) in [5, 5.41) is 9.22. The van der Waals surface area contributed by atoms with Crippen LogP contribution in [0.4, 0.5) is 0 Å². The molecule has 0 fully saturated rings. The molecular weight excluding hydrogens is 1160 g/mol. The first-order chi connectivity index (χ1) is 38.3. The average molecular weight is 1200 g/mol. The molecule has 0 saturated heterocycles. The van der Waals surface area contributed by atoms with Gasteiger partial charge in [-0.25, -0.2) is 9.59 Å². The Labute approximate surface area is 466 Å². The summed E-state index contributed by atoms with van der Waals surface area (Å²) in [7, 11) is 0. The second-order valence-electron chi connectivity index (χ2n) is 20.0. The zero-order valence-corrected chi connectivity index (χ0v) is 45.2. The maximum Gasteiger partial charge on any atom is 3.00 e.